The van der Waals surface area contributed by atoms with E-state index in [4.69, 9.17) is 10.5 Å². The molecule has 0 radical (unpaired) electrons. The van der Waals surface area contributed by atoms with Gasteiger partial charge in [0.15, 0.2) is 11.4 Å². The van der Waals surface area contributed by atoms with E-state index in [0.29, 0.717) is 5.82 Å². The van der Waals surface area contributed by atoms with Gasteiger partial charge >= 0.3 is 0 Å². The van der Waals surface area contributed by atoms with Crippen molar-refractivity contribution < 1.29 is 4.74 Å². The SMILES string of the molecule is COc1cccn2c(N)c(-c3ccsc3)nc12. The van der Waals surface area contributed by atoms with E-state index in [2.05, 4.69) is 4.98 Å². The number of aromatic nitrogens is 2. The molecular formula is C12H11N3OS. The number of nitrogens with zero attached hydrogens (tertiary/aromatic N) is 2. The smallest absolute Gasteiger partial charge is 0.181 e. The number of nitrogen functional groups attached to an aromatic ring is 1. The van der Waals surface area contributed by atoms with Crippen LogP contribution in [0.5, 0.6) is 5.75 Å². The third-order valence-electron chi connectivity index (χ3n) is 2.67. The Morgan fingerprint density at radius 1 is 1.41 bits per heavy atom. The summed E-state index contributed by atoms with van der Waals surface area (Å²) in [5.74, 6) is 1.36. The molecule has 2 N–H and O–H groups in total. The summed E-state index contributed by atoms with van der Waals surface area (Å²) in [4.78, 5) is 4.55. The second kappa shape index (κ2) is 3.78. The summed E-state index contributed by atoms with van der Waals surface area (Å²) in [6.45, 7) is 0. The van der Waals surface area contributed by atoms with Crippen molar-refractivity contribution in [3.05, 3.63) is 35.2 Å². The standard InChI is InChI=1S/C12H11N3OS/c1-16-9-3-2-5-15-11(13)10(14-12(9)15)8-4-6-17-7-8/h2-7H,13H2,1H3. The highest BCUT2D eigenvalue weighted by molar-refractivity contribution is 7.08. The molecule has 4 nitrogen and oxygen atoms in total. The lowest BCUT2D eigenvalue weighted by molar-refractivity contribution is 0.417. The highest BCUT2D eigenvalue weighted by Gasteiger charge is 2.13. The molecule has 0 amide bonds. The predicted molar refractivity (Wildman–Crippen MR) is 69.5 cm³/mol. The Morgan fingerprint density at radius 3 is 3.00 bits per heavy atom. The number of thiophene rings is 1. The first-order chi connectivity index (χ1) is 8.31. The van der Waals surface area contributed by atoms with Crippen molar-refractivity contribution in [2.75, 3.05) is 12.8 Å². The molecule has 0 aliphatic rings. The largest absolute Gasteiger partial charge is 0.493 e. The molecule has 0 fully saturated rings. The van der Waals surface area contributed by atoms with Crippen molar-refractivity contribution in [1.29, 1.82) is 0 Å². The van der Waals surface area contributed by atoms with Crippen LogP contribution in [0.2, 0.25) is 0 Å². The molecule has 0 aromatic carbocycles. The average Bonchev–Trinajstić information content (AvgIpc) is 2.97. The van der Waals surface area contributed by atoms with Gasteiger partial charge in [-0.05, 0) is 23.6 Å². The number of ether oxygens (including phenoxy) is 1. The second-order valence-electron chi connectivity index (χ2n) is 3.63. The van der Waals surface area contributed by atoms with E-state index in [-0.39, 0.29) is 0 Å². The number of anilines is 1. The number of rotatable bonds is 2. The molecule has 0 aliphatic carbocycles. The third-order valence-corrected chi connectivity index (χ3v) is 3.35. The number of nitrogens with two attached hydrogens (primary N) is 1. The number of hydrogen-bond acceptors (Lipinski definition) is 4. The molecule has 3 rings (SSSR count). The van der Waals surface area contributed by atoms with E-state index in [1.165, 1.54) is 0 Å². The van der Waals surface area contributed by atoms with Crippen molar-refractivity contribution in [3.63, 3.8) is 0 Å². The third kappa shape index (κ3) is 1.47. The molecule has 0 bridgehead atoms. The fraction of sp³-hybridized carbons (Fsp3) is 0.0833. The summed E-state index contributed by atoms with van der Waals surface area (Å²) in [5.41, 5.74) is 8.69. The van der Waals surface area contributed by atoms with E-state index >= 15 is 0 Å². The summed E-state index contributed by atoms with van der Waals surface area (Å²) in [7, 11) is 1.63. The summed E-state index contributed by atoms with van der Waals surface area (Å²) >= 11 is 1.63. The van der Waals surface area contributed by atoms with Crippen LogP contribution < -0.4 is 10.5 Å². The molecule has 86 valence electrons. The zero-order valence-electron chi connectivity index (χ0n) is 9.25. The molecule has 3 aromatic rings. The maximum atomic E-state index is 6.10. The first-order valence-electron chi connectivity index (χ1n) is 5.14. The first-order valence-corrected chi connectivity index (χ1v) is 6.08. The van der Waals surface area contributed by atoms with E-state index in [1.807, 2.05) is 39.6 Å². The topological polar surface area (TPSA) is 52.5 Å². The number of pyridine rings is 1. The van der Waals surface area contributed by atoms with Crippen molar-refractivity contribution >= 4 is 22.8 Å². The predicted octanol–water partition coefficient (Wildman–Crippen LogP) is 2.65. The summed E-state index contributed by atoms with van der Waals surface area (Å²) in [5, 5.41) is 4.04. The minimum absolute atomic E-state index is 0.636. The second-order valence-corrected chi connectivity index (χ2v) is 4.41. The number of fused-ring (bicyclic) bond motifs is 1. The Balaban J connectivity index is 2.32. The summed E-state index contributed by atoms with van der Waals surface area (Å²) in [6, 6.07) is 5.77. The molecule has 5 heteroatoms. The highest BCUT2D eigenvalue weighted by atomic mass is 32.1. The van der Waals surface area contributed by atoms with Crippen LogP contribution in [-0.2, 0) is 0 Å². The zero-order valence-corrected chi connectivity index (χ0v) is 10.1. The molecule has 0 atom stereocenters. The fourth-order valence-corrected chi connectivity index (χ4v) is 2.47. The number of imidazole rings is 1. The van der Waals surface area contributed by atoms with Gasteiger partial charge in [0.2, 0.25) is 0 Å². The van der Waals surface area contributed by atoms with Crippen LogP contribution in [0.4, 0.5) is 5.82 Å². The maximum Gasteiger partial charge on any atom is 0.181 e. The van der Waals surface area contributed by atoms with Crippen LogP contribution >= 0.6 is 11.3 Å². The molecule has 3 heterocycles. The van der Waals surface area contributed by atoms with Gasteiger partial charge in [-0.3, -0.25) is 4.40 Å². The van der Waals surface area contributed by atoms with Gasteiger partial charge in [-0.1, -0.05) is 0 Å². The Bertz CT molecular complexity index is 658. The normalized spacial score (nSPS) is 10.9. The first kappa shape index (κ1) is 10.2. The van der Waals surface area contributed by atoms with Crippen LogP contribution in [0.1, 0.15) is 0 Å². The van der Waals surface area contributed by atoms with E-state index < -0.39 is 0 Å². The van der Waals surface area contributed by atoms with Crippen LogP contribution in [0.3, 0.4) is 0 Å². The molecule has 3 aromatic heterocycles. The zero-order chi connectivity index (χ0) is 11.8. The lowest BCUT2D eigenvalue weighted by atomic mass is 10.2. The fourth-order valence-electron chi connectivity index (χ4n) is 1.83. The lowest BCUT2D eigenvalue weighted by Gasteiger charge is -2.01. The van der Waals surface area contributed by atoms with Crippen LogP contribution in [0.25, 0.3) is 16.9 Å². The molecule has 17 heavy (non-hydrogen) atoms. The molecule has 0 saturated heterocycles. The van der Waals surface area contributed by atoms with Gasteiger partial charge < -0.3 is 10.5 Å². The Hall–Kier alpha value is -2.01. The van der Waals surface area contributed by atoms with Gasteiger partial charge in [0.1, 0.15) is 11.5 Å². The van der Waals surface area contributed by atoms with Crippen molar-refractivity contribution in [2.24, 2.45) is 0 Å². The van der Waals surface area contributed by atoms with E-state index in [0.717, 1.165) is 22.7 Å². The molecule has 0 aliphatic heterocycles. The van der Waals surface area contributed by atoms with Gasteiger partial charge in [-0.15, -0.1) is 0 Å². The lowest BCUT2D eigenvalue weighted by Crippen LogP contribution is -1.94. The van der Waals surface area contributed by atoms with Crippen molar-refractivity contribution in [2.45, 2.75) is 0 Å². The van der Waals surface area contributed by atoms with Crippen LogP contribution in [0.15, 0.2) is 35.2 Å². The van der Waals surface area contributed by atoms with Crippen molar-refractivity contribution in [1.82, 2.24) is 9.38 Å². The van der Waals surface area contributed by atoms with Crippen molar-refractivity contribution in [3.8, 4) is 17.0 Å². The minimum atomic E-state index is 0.636. The van der Waals surface area contributed by atoms with Gasteiger partial charge in [0.25, 0.3) is 0 Å². The molecule has 0 unspecified atom stereocenters. The van der Waals surface area contributed by atoms with Crippen LogP contribution in [0, 0.1) is 0 Å². The van der Waals surface area contributed by atoms with Crippen LogP contribution in [-0.4, -0.2) is 16.5 Å². The average molecular weight is 245 g/mol. The highest BCUT2D eigenvalue weighted by Crippen LogP contribution is 2.31. The molecular weight excluding hydrogens is 234 g/mol. The summed E-state index contributed by atoms with van der Waals surface area (Å²) < 4.78 is 7.12. The van der Waals surface area contributed by atoms with E-state index in [9.17, 15) is 0 Å². The molecule has 0 spiro atoms. The Morgan fingerprint density at radius 2 is 2.29 bits per heavy atom. The van der Waals surface area contributed by atoms with Gasteiger partial charge in [-0.25, -0.2) is 4.98 Å². The molecule has 0 saturated carbocycles. The van der Waals surface area contributed by atoms with Gasteiger partial charge in [0, 0.05) is 17.1 Å². The number of hydrogen-bond donors (Lipinski definition) is 1. The number of methoxy groups -OCH3 is 1. The van der Waals surface area contributed by atoms with Gasteiger partial charge in [-0.2, -0.15) is 11.3 Å². The minimum Gasteiger partial charge on any atom is -0.493 e. The Kier molecular flexibility index (Phi) is 2.26. The van der Waals surface area contributed by atoms with Gasteiger partial charge in [0.05, 0.1) is 7.11 Å². The Labute approximate surface area is 102 Å². The quantitative estimate of drug-likeness (QED) is 0.755. The summed E-state index contributed by atoms with van der Waals surface area (Å²) in [6.07, 6.45) is 1.88. The maximum absolute atomic E-state index is 6.10. The monoisotopic (exact) mass is 245 g/mol. The van der Waals surface area contributed by atoms with E-state index in [1.54, 1.807) is 18.4 Å².